The van der Waals surface area contributed by atoms with Gasteiger partial charge in [-0.05, 0) is 63.8 Å². The van der Waals surface area contributed by atoms with Crippen molar-refractivity contribution in [1.82, 2.24) is 15.0 Å². The molecule has 3 N–H and O–H groups in total. The van der Waals surface area contributed by atoms with Crippen molar-refractivity contribution in [2.75, 3.05) is 5.32 Å². The molecule has 1 fully saturated rings. The first kappa shape index (κ1) is 25.7. The lowest BCUT2D eigenvalue weighted by molar-refractivity contribution is 0.251. The molecule has 0 saturated heterocycles. The van der Waals surface area contributed by atoms with Gasteiger partial charge in [-0.1, -0.05) is 43.5 Å². The summed E-state index contributed by atoms with van der Waals surface area (Å²) in [5.41, 5.74) is 2.14. The number of nitrogens with one attached hydrogen (secondary N) is 3. The van der Waals surface area contributed by atoms with E-state index in [4.69, 9.17) is 4.98 Å². The number of carbonyl (C=O) groups excluding carboxylic acids is 1. The van der Waals surface area contributed by atoms with Gasteiger partial charge in [0.2, 0.25) is 0 Å². The Morgan fingerprint density at radius 3 is 2.66 bits per heavy atom. The first-order valence-corrected chi connectivity index (χ1v) is 13.7. The van der Waals surface area contributed by atoms with Gasteiger partial charge in [-0.2, -0.15) is 0 Å². The van der Waals surface area contributed by atoms with Crippen LogP contribution in [-0.4, -0.2) is 16.6 Å². The molecule has 0 aliphatic heterocycles. The number of nitrogens with zero attached hydrogens (tertiary/aromatic N) is 1. The van der Waals surface area contributed by atoms with Crippen molar-refractivity contribution in [3.05, 3.63) is 65.0 Å². The van der Waals surface area contributed by atoms with Crippen LogP contribution in [0.4, 0.5) is 14.9 Å². The van der Waals surface area contributed by atoms with Crippen LogP contribution in [0.2, 0.25) is 0 Å². The van der Waals surface area contributed by atoms with Gasteiger partial charge < -0.3 is 10.6 Å². The van der Waals surface area contributed by atoms with Crippen molar-refractivity contribution in [1.29, 1.82) is 0 Å². The average molecular weight is 513 g/mol. The van der Waals surface area contributed by atoms with Crippen molar-refractivity contribution in [2.45, 2.75) is 75.8 Å². The second-order valence-electron chi connectivity index (χ2n) is 9.96. The van der Waals surface area contributed by atoms with Crippen LogP contribution >= 0.6 is 23.3 Å². The molecule has 35 heavy (non-hydrogen) atoms. The predicted molar refractivity (Wildman–Crippen MR) is 144 cm³/mol. The summed E-state index contributed by atoms with van der Waals surface area (Å²) in [7, 11) is 0. The highest BCUT2D eigenvalue weighted by Gasteiger charge is 2.21. The SMILES string of the molecule is CC(C)(C)NSc1cc(NC(=O)NCc2ccccc2F)ccc1-c1cnc(C2CCCCC2)s1. The van der Waals surface area contributed by atoms with Crippen molar-refractivity contribution < 1.29 is 9.18 Å². The number of halogens is 1. The van der Waals surface area contributed by atoms with Gasteiger partial charge in [-0.15, -0.1) is 11.3 Å². The molecule has 5 nitrogen and oxygen atoms in total. The predicted octanol–water partition coefficient (Wildman–Crippen LogP) is 7.71. The molecule has 0 spiro atoms. The quantitative estimate of drug-likeness (QED) is 0.284. The lowest BCUT2D eigenvalue weighted by Crippen LogP contribution is -2.30. The van der Waals surface area contributed by atoms with Crippen molar-refractivity contribution in [3.8, 4) is 10.4 Å². The zero-order valence-electron chi connectivity index (χ0n) is 20.5. The Hall–Kier alpha value is -2.42. The maximum atomic E-state index is 13.8. The highest BCUT2D eigenvalue weighted by molar-refractivity contribution is 7.97. The third-order valence-electron chi connectivity index (χ3n) is 5.85. The average Bonchev–Trinajstić information content (AvgIpc) is 3.33. The van der Waals surface area contributed by atoms with Gasteiger partial charge in [0, 0.05) is 45.9 Å². The summed E-state index contributed by atoms with van der Waals surface area (Å²) in [5.74, 6) is 0.242. The molecule has 1 aliphatic carbocycles. The van der Waals surface area contributed by atoms with Crippen molar-refractivity contribution in [3.63, 3.8) is 0 Å². The lowest BCUT2D eigenvalue weighted by atomic mass is 9.90. The number of hydrogen-bond acceptors (Lipinski definition) is 5. The van der Waals surface area contributed by atoms with Gasteiger partial charge in [0.15, 0.2) is 0 Å². The highest BCUT2D eigenvalue weighted by Crippen LogP contribution is 2.40. The monoisotopic (exact) mass is 512 g/mol. The topological polar surface area (TPSA) is 66.0 Å². The number of anilines is 1. The molecule has 0 unspecified atom stereocenters. The van der Waals surface area contributed by atoms with Gasteiger partial charge in [0.05, 0.1) is 9.88 Å². The van der Waals surface area contributed by atoms with Gasteiger partial charge in [-0.3, -0.25) is 4.72 Å². The summed E-state index contributed by atoms with van der Waals surface area (Å²) < 4.78 is 17.3. The molecule has 1 aromatic heterocycles. The molecular formula is C27H33FN4OS2. The smallest absolute Gasteiger partial charge is 0.319 e. The van der Waals surface area contributed by atoms with Crippen LogP contribution in [0.1, 0.15) is 69.4 Å². The summed E-state index contributed by atoms with van der Waals surface area (Å²) in [6.45, 7) is 6.47. The van der Waals surface area contributed by atoms with Crippen LogP contribution in [-0.2, 0) is 6.54 Å². The first-order valence-electron chi connectivity index (χ1n) is 12.1. The third-order valence-corrected chi connectivity index (χ3v) is 8.31. The summed E-state index contributed by atoms with van der Waals surface area (Å²) in [6, 6.07) is 12.0. The molecule has 0 atom stereocenters. The Morgan fingerprint density at radius 2 is 1.91 bits per heavy atom. The Morgan fingerprint density at radius 1 is 1.14 bits per heavy atom. The summed E-state index contributed by atoms with van der Waals surface area (Å²) >= 11 is 3.33. The fourth-order valence-electron chi connectivity index (χ4n) is 4.04. The number of carbonyl (C=O) groups is 1. The van der Waals surface area contributed by atoms with E-state index in [2.05, 4.69) is 36.1 Å². The van der Waals surface area contributed by atoms with Crippen LogP contribution in [0, 0.1) is 5.82 Å². The molecule has 1 aliphatic rings. The normalized spacial score (nSPS) is 14.6. The van der Waals surface area contributed by atoms with Crippen LogP contribution in [0.3, 0.4) is 0 Å². The van der Waals surface area contributed by atoms with Crippen LogP contribution < -0.4 is 15.4 Å². The van der Waals surface area contributed by atoms with Crippen LogP contribution in [0.5, 0.6) is 0 Å². The molecular weight excluding hydrogens is 479 g/mol. The van der Waals surface area contributed by atoms with Crippen LogP contribution in [0.15, 0.2) is 53.6 Å². The maximum Gasteiger partial charge on any atom is 0.319 e. The third kappa shape index (κ3) is 7.29. The second-order valence-corrected chi connectivity index (χ2v) is 11.9. The van der Waals surface area contributed by atoms with E-state index in [0.29, 0.717) is 17.2 Å². The molecule has 1 heterocycles. The lowest BCUT2D eigenvalue weighted by Gasteiger charge is -2.21. The number of benzene rings is 2. The highest BCUT2D eigenvalue weighted by atomic mass is 32.2. The molecule has 3 aromatic rings. The molecule has 0 radical (unpaired) electrons. The number of urea groups is 1. The fraction of sp³-hybridized carbons (Fsp3) is 0.407. The van der Waals surface area contributed by atoms with E-state index in [1.165, 1.54) is 43.2 Å². The van der Waals surface area contributed by atoms with E-state index < -0.39 is 0 Å². The number of rotatable bonds is 7. The minimum absolute atomic E-state index is 0.0799. The van der Waals surface area contributed by atoms with Gasteiger partial charge in [-0.25, -0.2) is 14.2 Å². The van der Waals surface area contributed by atoms with Crippen molar-refractivity contribution in [2.24, 2.45) is 0 Å². The van der Waals surface area contributed by atoms with Gasteiger partial charge in [0.1, 0.15) is 5.82 Å². The fourth-order valence-corrected chi connectivity index (χ4v) is 6.12. The van der Waals surface area contributed by atoms with E-state index in [1.807, 2.05) is 24.4 Å². The van der Waals surface area contributed by atoms with E-state index in [1.54, 1.807) is 41.5 Å². The van der Waals surface area contributed by atoms with Crippen molar-refractivity contribution >= 4 is 35.0 Å². The second kappa shape index (κ2) is 11.5. The zero-order valence-corrected chi connectivity index (χ0v) is 22.1. The zero-order chi connectivity index (χ0) is 24.8. The van der Waals surface area contributed by atoms with E-state index in [9.17, 15) is 9.18 Å². The molecule has 2 amide bonds. The van der Waals surface area contributed by atoms with E-state index in [0.717, 1.165) is 15.3 Å². The maximum absolute atomic E-state index is 13.8. The number of amides is 2. The van der Waals surface area contributed by atoms with Gasteiger partial charge >= 0.3 is 6.03 Å². The number of hydrogen-bond donors (Lipinski definition) is 3. The molecule has 0 bridgehead atoms. The minimum Gasteiger partial charge on any atom is -0.334 e. The Labute approximate surface area is 215 Å². The largest absolute Gasteiger partial charge is 0.334 e. The first-order chi connectivity index (χ1) is 16.8. The van der Waals surface area contributed by atoms with E-state index in [-0.39, 0.29) is 23.9 Å². The Balaban J connectivity index is 1.50. The van der Waals surface area contributed by atoms with Crippen LogP contribution in [0.25, 0.3) is 10.4 Å². The Kier molecular flexibility index (Phi) is 8.46. The standard InChI is InChI=1S/C27H33FN4OS2/c1-27(2,3)32-35-23-15-20(31-26(33)30-16-19-11-7-8-12-22(19)28)13-14-21(23)24-17-29-25(34-24)18-9-5-4-6-10-18/h7-8,11-15,17-18,32H,4-6,9-10,16H2,1-3H3,(H2,30,31,33). The molecule has 186 valence electrons. The molecule has 4 rings (SSSR count). The Bertz CT molecular complexity index is 1150. The molecule has 2 aromatic carbocycles. The molecule has 1 saturated carbocycles. The van der Waals surface area contributed by atoms with Gasteiger partial charge in [0.25, 0.3) is 0 Å². The number of thiazole rings is 1. The number of aromatic nitrogens is 1. The summed E-state index contributed by atoms with van der Waals surface area (Å²) in [5, 5.41) is 6.84. The summed E-state index contributed by atoms with van der Waals surface area (Å²) in [4.78, 5) is 19.4. The molecule has 8 heteroatoms. The minimum atomic E-state index is -0.377. The van der Waals surface area contributed by atoms with E-state index >= 15 is 0 Å². The summed E-state index contributed by atoms with van der Waals surface area (Å²) in [6.07, 6.45) is 8.34.